The van der Waals surface area contributed by atoms with E-state index in [-0.39, 0.29) is 0 Å². The Bertz CT molecular complexity index is 1190. The van der Waals surface area contributed by atoms with Crippen molar-refractivity contribution in [1.29, 1.82) is 0 Å². The van der Waals surface area contributed by atoms with Crippen molar-refractivity contribution < 1.29 is 18.3 Å². The molecule has 0 bridgehead atoms. The van der Waals surface area contributed by atoms with Crippen molar-refractivity contribution in [2.45, 2.75) is 72.3 Å². The molecular weight excluding hydrogens is 450 g/mol. The molecule has 33 heavy (non-hydrogen) atoms. The molecule has 9 heteroatoms. The van der Waals surface area contributed by atoms with Gasteiger partial charge in [0, 0.05) is 29.9 Å². The Labute approximate surface area is 197 Å². The van der Waals surface area contributed by atoms with Gasteiger partial charge in [0.05, 0.1) is 5.41 Å². The molecule has 3 rings (SSSR count). The average Bonchev–Trinajstić information content (AvgIpc) is 3.15. The fourth-order valence-electron chi connectivity index (χ4n) is 3.91. The highest BCUT2D eigenvalue weighted by atomic mass is 35.5. The van der Waals surface area contributed by atoms with E-state index in [4.69, 9.17) is 16.3 Å². The number of carbonyl (C=O) groups excluding carboxylic acids is 1. The first-order valence-corrected chi connectivity index (χ1v) is 11.2. The second kappa shape index (κ2) is 8.97. The number of alkyl halides is 3. The van der Waals surface area contributed by atoms with Crippen LogP contribution >= 0.6 is 11.6 Å². The van der Waals surface area contributed by atoms with Gasteiger partial charge in [0.1, 0.15) is 5.60 Å². The molecule has 178 valence electrons. The SMILES string of the molecule is Cc1cnc(C(c2ccn3c(C(F)F)nnc3c2C)C(C)(C)C(=O)OC(C)(C)C)cc1CCl. The van der Waals surface area contributed by atoms with Crippen LogP contribution in [0.5, 0.6) is 0 Å². The van der Waals surface area contributed by atoms with Crippen molar-refractivity contribution in [3.8, 4) is 0 Å². The van der Waals surface area contributed by atoms with E-state index in [1.54, 1.807) is 33.0 Å². The fraction of sp³-hybridized carbons (Fsp3) is 0.500. The quantitative estimate of drug-likeness (QED) is 0.325. The molecule has 0 saturated heterocycles. The summed E-state index contributed by atoms with van der Waals surface area (Å²) in [5.74, 6) is -1.09. The van der Waals surface area contributed by atoms with Crippen molar-refractivity contribution in [2.75, 3.05) is 0 Å². The van der Waals surface area contributed by atoms with Gasteiger partial charge >= 0.3 is 5.97 Å². The molecule has 0 radical (unpaired) electrons. The number of hydrogen-bond donors (Lipinski definition) is 0. The molecule has 0 aromatic carbocycles. The Hall–Kier alpha value is -2.61. The van der Waals surface area contributed by atoms with Crippen LogP contribution < -0.4 is 0 Å². The second-order valence-electron chi connectivity index (χ2n) is 9.77. The Balaban J connectivity index is 2.25. The number of aromatic nitrogens is 4. The van der Waals surface area contributed by atoms with E-state index in [1.165, 1.54) is 10.6 Å². The lowest BCUT2D eigenvalue weighted by Gasteiger charge is -2.35. The van der Waals surface area contributed by atoms with Crippen LogP contribution in [0.4, 0.5) is 8.78 Å². The number of aryl methyl sites for hydroxylation is 2. The highest BCUT2D eigenvalue weighted by Crippen LogP contribution is 2.44. The molecule has 0 aliphatic heterocycles. The summed E-state index contributed by atoms with van der Waals surface area (Å²) in [6.07, 6.45) is 0.475. The van der Waals surface area contributed by atoms with Gasteiger partial charge in [-0.05, 0) is 82.9 Å². The van der Waals surface area contributed by atoms with Crippen LogP contribution in [-0.4, -0.2) is 31.2 Å². The zero-order valence-electron chi connectivity index (χ0n) is 19.9. The Morgan fingerprint density at radius 1 is 1.18 bits per heavy atom. The van der Waals surface area contributed by atoms with Crippen molar-refractivity contribution in [2.24, 2.45) is 5.41 Å². The standard InChI is InChI=1S/C24H29ClF2N4O2/c1-13-12-28-17(10-15(13)11-25)18(24(6,7)22(32)33-23(3,4)5)16-8-9-31-20(14(16)2)29-30-21(31)19(26)27/h8-10,12,18-19H,11H2,1-7H3. The molecule has 3 aromatic heterocycles. The first kappa shape index (κ1) is 25.0. The smallest absolute Gasteiger partial charge is 0.313 e. The minimum absolute atomic E-state index is 0.293. The molecule has 1 atom stereocenters. The molecular formula is C24H29ClF2N4O2. The van der Waals surface area contributed by atoms with Crippen LogP contribution in [0.2, 0.25) is 0 Å². The Morgan fingerprint density at radius 2 is 1.85 bits per heavy atom. The fourth-order valence-corrected chi connectivity index (χ4v) is 4.20. The number of hydrogen-bond acceptors (Lipinski definition) is 5. The van der Waals surface area contributed by atoms with Gasteiger partial charge in [0.15, 0.2) is 5.65 Å². The number of fused-ring (bicyclic) bond motifs is 1. The van der Waals surface area contributed by atoms with Gasteiger partial charge in [-0.25, -0.2) is 8.78 Å². The minimum atomic E-state index is -2.76. The van der Waals surface area contributed by atoms with Crippen molar-refractivity contribution in [3.63, 3.8) is 0 Å². The largest absolute Gasteiger partial charge is 0.460 e. The lowest BCUT2D eigenvalue weighted by atomic mass is 9.71. The molecule has 0 aliphatic rings. The molecule has 0 aliphatic carbocycles. The molecule has 0 amide bonds. The zero-order valence-corrected chi connectivity index (χ0v) is 20.7. The van der Waals surface area contributed by atoms with Crippen LogP contribution in [0.3, 0.4) is 0 Å². The van der Waals surface area contributed by atoms with E-state index < -0.39 is 35.2 Å². The number of esters is 1. The Morgan fingerprint density at radius 3 is 2.42 bits per heavy atom. The van der Waals surface area contributed by atoms with Crippen molar-refractivity contribution in [3.05, 3.63) is 58.3 Å². The maximum Gasteiger partial charge on any atom is 0.313 e. The van der Waals surface area contributed by atoms with Gasteiger partial charge in [0.25, 0.3) is 6.43 Å². The summed E-state index contributed by atoms with van der Waals surface area (Å²) < 4.78 is 33.7. The maximum absolute atomic E-state index is 13.4. The van der Waals surface area contributed by atoms with Crippen LogP contribution in [0.1, 0.15) is 80.7 Å². The molecule has 0 spiro atoms. The second-order valence-corrected chi connectivity index (χ2v) is 10.0. The predicted octanol–water partition coefficient (Wildman–Crippen LogP) is 5.92. The van der Waals surface area contributed by atoms with Gasteiger partial charge in [-0.1, -0.05) is 0 Å². The normalized spacial score (nSPS) is 13.5. The number of nitrogens with zero attached hydrogens (tertiary/aromatic N) is 4. The van der Waals surface area contributed by atoms with E-state index in [0.29, 0.717) is 22.8 Å². The molecule has 1 unspecified atom stereocenters. The van der Waals surface area contributed by atoms with Gasteiger partial charge < -0.3 is 4.74 Å². The number of ether oxygens (including phenoxy) is 1. The van der Waals surface area contributed by atoms with Crippen LogP contribution in [0.15, 0.2) is 24.5 Å². The van der Waals surface area contributed by atoms with E-state index in [9.17, 15) is 13.6 Å². The van der Waals surface area contributed by atoms with Crippen LogP contribution in [0.25, 0.3) is 5.65 Å². The number of carbonyl (C=O) groups is 1. The third kappa shape index (κ3) is 4.86. The highest BCUT2D eigenvalue weighted by molar-refractivity contribution is 6.17. The van der Waals surface area contributed by atoms with Crippen LogP contribution in [0, 0.1) is 19.3 Å². The number of pyridine rings is 2. The molecule has 3 aromatic rings. The van der Waals surface area contributed by atoms with E-state index in [2.05, 4.69) is 15.2 Å². The van der Waals surface area contributed by atoms with Gasteiger partial charge in [-0.2, -0.15) is 0 Å². The molecule has 0 N–H and O–H groups in total. The van der Waals surface area contributed by atoms with Gasteiger partial charge in [-0.3, -0.25) is 14.2 Å². The van der Waals surface area contributed by atoms with E-state index >= 15 is 0 Å². The number of halogens is 3. The van der Waals surface area contributed by atoms with E-state index in [0.717, 1.165) is 16.7 Å². The maximum atomic E-state index is 13.4. The zero-order chi connectivity index (χ0) is 24.7. The van der Waals surface area contributed by atoms with Crippen LogP contribution in [-0.2, 0) is 15.4 Å². The van der Waals surface area contributed by atoms with E-state index in [1.807, 2.05) is 33.8 Å². The molecule has 0 saturated carbocycles. The summed E-state index contributed by atoms with van der Waals surface area (Å²) >= 11 is 6.15. The third-order valence-electron chi connectivity index (χ3n) is 5.72. The monoisotopic (exact) mass is 478 g/mol. The van der Waals surface area contributed by atoms with Crippen molar-refractivity contribution in [1.82, 2.24) is 19.6 Å². The topological polar surface area (TPSA) is 69.4 Å². The Kier molecular flexibility index (Phi) is 6.80. The minimum Gasteiger partial charge on any atom is -0.460 e. The summed E-state index contributed by atoms with van der Waals surface area (Å²) in [6, 6.07) is 3.60. The summed E-state index contributed by atoms with van der Waals surface area (Å²) in [5, 5.41) is 7.64. The molecule has 3 heterocycles. The third-order valence-corrected chi connectivity index (χ3v) is 6.01. The predicted molar refractivity (Wildman–Crippen MR) is 123 cm³/mol. The van der Waals surface area contributed by atoms with Crippen molar-refractivity contribution >= 4 is 23.2 Å². The molecule has 0 fully saturated rings. The first-order chi connectivity index (χ1) is 15.3. The van der Waals surface area contributed by atoms with Gasteiger partial charge in [0.2, 0.25) is 5.82 Å². The summed E-state index contributed by atoms with van der Waals surface area (Å²) in [6.45, 7) is 12.7. The lowest BCUT2D eigenvalue weighted by Crippen LogP contribution is -2.39. The summed E-state index contributed by atoms with van der Waals surface area (Å²) in [4.78, 5) is 18.0. The summed E-state index contributed by atoms with van der Waals surface area (Å²) in [7, 11) is 0. The number of rotatable bonds is 6. The van der Waals surface area contributed by atoms with Gasteiger partial charge in [-0.15, -0.1) is 21.8 Å². The summed E-state index contributed by atoms with van der Waals surface area (Å²) in [5.41, 5.74) is 2.40. The average molecular weight is 479 g/mol. The first-order valence-electron chi connectivity index (χ1n) is 10.6. The molecule has 6 nitrogen and oxygen atoms in total. The lowest BCUT2D eigenvalue weighted by molar-refractivity contribution is -0.166. The highest BCUT2D eigenvalue weighted by Gasteiger charge is 2.43.